The van der Waals surface area contributed by atoms with Crippen molar-refractivity contribution in [1.29, 1.82) is 0 Å². The van der Waals surface area contributed by atoms with Gasteiger partial charge in [0.15, 0.2) is 6.61 Å². The molecule has 0 saturated carbocycles. The van der Waals surface area contributed by atoms with Crippen LogP contribution in [0.1, 0.15) is 28.7 Å². The summed E-state index contributed by atoms with van der Waals surface area (Å²) < 4.78 is 7.66. The van der Waals surface area contributed by atoms with E-state index in [1.165, 1.54) is 4.68 Å². The maximum Gasteiger partial charge on any atom is 0.284 e. The molecule has 0 bridgehead atoms. The van der Waals surface area contributed by atoms with Crippen LogP contribution in [0.15, 0.2) is 22.7 Å². The van der Waals surface area contributed by atoms with Crippen molar-refractivity contribution >= 4 is 33.4 Å². The van der Waals surface area contributed by atoms with Gasteiger partial charge in [-0.3, -0.25) is 4.79 Å². The Morgan fingerprint density at radius 3 is 2.71 bits per heavy atom. The standard InChI is InChI=1S/C15H16BrClN2O2/c1-4-12-9(2)18-19(10(12)3)15(20)8-21-14-6-5-11(17)7-13(14)16/h5-7H,4,8H2,1-3H3. The fourth-order valence-electron chi connectivity index (χ4n) is 2.22. The first-order valence-corrected chi connectivity index (χ1v) is 7.77. The highest BCUT2D eigenvalue weighted by molar-refractivity contribution is 9.10. The number of rotatable bonds is 4. The highest BCUT2D eigenvalue weighted by atomic mass is 79.9. The van der Waals surface area contributed by atoms with Crippen molar-refractivity contribution in [3.8, 4) is 5.75 Å². The number of ether oxygens (including phenoxy) is 1. The van der Waals surface area contributed by atoms with Crippen LogP contribution in [0.4, 0.5) is 0 Å². The lowest BCUT2D eigenvalue weighted by Crippen LogP contribution is -2.21. The quantitative estimate of drug-likeness (QED) is 0.809. The highest BCUT2D eigenvalue weighted by Crippen LogP contribution is 2.28. The highest BCUT2D eigenvalue weighted by Gasteiger charge is 2.16. The van der Waals surface area contributed by atoms with Gasteiger partial charge in [0.25, 0.3) is 5.91 Å². The zero-order valence-electron chi connectivity index (χ0n) is 12.1. The predicted molar refractivity (Wildman–Crippen MR) is 86.4 cm³/mol. The number of aromatic nitrogens is 2. The molecule has 0 saturated heterocycles. The molecule has 0 aliphatic heterocycles. The van der Waals surface area contributed by atoms with Crippen molar-refractivity contribution in [2.75, 3.05) is 6.61 Å². The summed E-state index contributed by atoms with van der Waals surface area (Å²) in [7, 11) is 0. The van der Waals surface area contributed by atoms with Crippen molar-refractivity contribution in [2.45, 2.75) is 27.2 Å². The lowest BCUT2D eigenvalue weighted by atomic mass is 10.1. The molecule has 1 heterocycles. The van der Waals surface area contributed by atoms with E-state index in [2.05, 4.69) is 21.0 Å². The molecule has 0 aliphatic carbocycles. The summed E-state index contributed by atoms with van der Waals surface area (Å²) in [4.78, 5) is 12.2. The second-order valence-corrected chi connectivity index (χ2v) is 5.96. The van der Waals surface area contributed by atoms with Crippen molar-refractivity contribution in [1.82, 2.24) is 9.78 Å². The van der Waals surface area contributed by atoms with Gasteiger partial charge in [-0.05, 0) is 60.0 Å². The van der Waals surface area contributed by atoms with E-state index in [1.54, 1.807) is 18.2 Å². The smallest absolute Gasteiger partial charge is 0.284 e. The van der Waals surface area contributed by atoms with Gasteiger partial charge in [0, 0.05) is 10.7 Å². The van der Waals surface area contributed by atoms with E-state index in [0.717, 1.165) is 23.4 Å². The van der Waals surface area contributed by atoms with Gasteiger partial charge in [0.05, 0.1) is 10.2 Å². The Bertz CT molecular complexity index is 683. The molecule has 2 rings (SSSR count). The number of benzene rings is 1. The Balaban J connectivity index is 2.12. The Labute approximate surface area is 137 Å². The van der Waals surface area contributed by atoms with E-state index in [9.17, 15) is 4.79 Å². The second-order valence-electron chi connectivity index (χ2n) is 4.67. The minimum Gasteiger partial charge on any atom is -0.482 e. The number of aryl methyl sites for hydroxylation is 1. The van der Waals surface area contributed by atoms with E-state index in [0.29, 0.717) is 15.2 Å². The first kappa shape index (κ1) is 16.0. The monoisotopic (exact) mass is 370 g/mol. The van der Waals surface area contributed by atoms with E-state index < -0.39 is 0 Å². The largest absolute Gasteiger partial charge is 0.482 e. The third-order valence-corrected chi connectivity index (χ3v) is 4.13. The molecule has 0 amide bonds. The zero-order chi connectivity index (χ0) is 15.6. The van der Waals surface area contributed by atoms with Crippen molar-refractivity contribution in [3.05, 3.63) is 44.6 Å². The summed E-state index contributed by atoms with van der Waals surface area (Å²) in [5.41, 5.74) is 2.87. The van der Waals surface area contributed by atoms with E-state index >= 15 is 0 Å². The number of halogens is 2. The number of carbonyl (C=O) groups excluding carboxylic acids is 1. The molecule has 0 N–H and O–H groups in total. The third kappa shape index (κ3) is 3.47. The Kier molecular flexibility index (Phi) is 5.06. The number of carbonyl (C=O) groups is 1. The summed E-state index contributed by atoms with van der Waals surface area (Å²) in [6, 6.07) is 5.16. The lowest BCUT2D eigenvalue weighted by molar-refractivity contribution is 0.0817. The molecule has 1 aromatic heterocycles. The van der Waals surface area contributed by atoms with Gasteiger partial charge in [-0.15, -0.1) is 0 Å². The molecule has 0 unspecified atom stereocenters. The van der Waals surface area contributed by atoms with Crippen LogP contribution < -0.4 is 4.74 Å². The van der Waals surface area contributed by atoms with E-state index in [4.69, 9.17) is 16.3 Å². The predicted octanol–water partition coefficient (Wildman–Crippen LogP) is 4.20. The summed E-state index contributed by atoms with van der Waals surface area (Å²) in [6.45, 7) is 5.78. The van der Waals surface area contributed by atoms with Crippen LogP contribution in [0.2, 0.25) is 5.02 Å². The fourth-order valence-corrected chi connectivity index (χ4v) is 3.02. The molecule has 21 heavy (non-hydrogen) atoms. The van der Waals surface area contributed by atoms with Crippen LogP contribution >= 0.6 is 27.5 Å². The summed E-state index contributed by atoms with van der Waals surface area (Å²) in [5.74, 6) is 0.377. The first-order chi connectivity index (χ1) is 9.93. The van der Waals surface area contributed by atoms with E-state index in [-0.39, 0.29) is 12.5 Å². The van der Waals surface area contributed by atoms with E-state index in [1.807, 2.05) is 20.8 Å². The molecule has 0 spiro atoms. The van der Waals surface area contributed by atoms with Crippen LogP contribution in [0.3, 0.4) is 0 Å². The molecule has 1 aromatic carbocycles. The molecular weight excluding hydrogens is 356 g/mol. The molecular formula is C15H16BrClN2O2. The normalized spacial score (nSPS) is 10.7. The van der Waals surface area contributed by atoms with Gasteiger partial charge in [0.2, 0.25) is 0 Å². The van der Waals surface area contributed by atoms with Gasteiger partial charge in [-0.25, -0.2) is 4.68 Å². The fraction of sp³-hybridized carbons (Fsp3) is 0.333. The maximum atomic E-state index is 12.2. The Morgan fingerprint density at radius 1 is 1.43 bits per heavy atom. The van der Waals surface area contributed by atoms with Crippen LogP contribution in [-0.2, 0) is 6.42 Å². The second kappa shape index (κ2) is 6.62. The molecule has 0 radical (unpaired) electrons. The van der Waals surface area contributed by atoms with Gasteiger partial charge in [0.1, 0.15) is 5.75 Å². The molecule has 0 aliphatic rings. The summed E-state index contributed by atoms with van der Waals surface area (Å²) in [6.07, 6.45) is 0.856. The summed E-state index contributed by atoms with van der Waals surface area (Å²) >= 11 is 9.22. The van der Waals surface area contributed by atoms with Crippen molar-refractivity contribution in [3.63, 3.8) is 0 Å². The van der Waals surface area contributed by atoms with Crippen molar-refractivity contribution < 1.29 is 9.53 Å². The van der Waals surface area contributed by atoms with Gasteiger partial charge in [-0.1, -0.05) is 18.5 Å². The Hall–Kier alpha value is -1.33. The average Bonchev–Trinajstić information content (AvgIpc) is 2.72. The molecule has 6 heteroatoms. The molecule has 2 aromatic rings. The third-order valence-electron chi connectivity index (χ3n) is 3.28. The van der Waals surface area contributed by atoms with Gasteiger partial charge >= 0.3 is 0 Å². The van der Waals surface area contributed by atoms with Crippen LogP contribution in [0.5, 0.6) is 5.75 Å². The van der Waals surface area contributed by atoms with Crippen LogP contribution in [0.25, 0.3) is 0 Å². The average molecular weight is 372 g/mol. The topological polar surface area (TPSA) is 44.1 Å². The minimum absolute atomic E-state index is 0.0780. The minimum atomic E-state index is -0.197. The number of hydrogen-bond donors (Lipinski definition) is 0. The number of hydrogen-bond acceptors (Lipinski definition) is 3. The maximum absolute atomic E-state index is 12.2. The van der Waals surface area contributed by atoms with Crippen LogP contribution in [-0.4, -0.2) is 22.3 Å². The molecule has 0 fully saturated rings. The lowest BCUT2D eigenvalue weighted by Gasteiger charge is -2.08. The zero-order valence-corrected chi connectivity index (χ0v) is 14.5. The summed E-state index contributed by atoms with van der Waals surface area (Å²) in [5, 5.41) is 4.89. The van der Waals surface area contributed by atoms with Gasteiger partial charge in [-0.2, -0.15) is 5.10 Å². The van der Waals surface area contributed by atoms with Gasteiger partial charge < -0.3 is 4.74 Å². The van der Waals surface area contributed by atoms with Crippen molar-refractivity contribution in [2.24, 2.45) is 0 Å². The molecule has 0 atom stereocenters. The molecule has 112 valence electrons. The Morgan fingerprint density at radius 2 is 2.14 bits per heavy atom. The number of nitrogens with zero attached hydrogens (tertiary/aromatic N) is 2. The molecule has 4 nitrogen and oxygen atoms in total. The first-order valence-electron chi connectivity index (χ1n) is 6.60. The van der Waals surface area contributed by atoms with Crippen LogP contribution in [0, 0.1) is 13.8 Å². The SMILES string of the molecule is CCc1c(C)nn(C(=O)COc2ccc(Cl)cc2Br)c1C.